The number of halogens is 1. The van der Waals surface area contributed by atoms with Gasteiger partial charge < -0.3 is 5.73 Å². The molecule has 0 aliphatic heterocycles. The fourth-order valence-corrected chi connectivity index (χ4v) is 1.19. The summed E-state index contributed by atoms with van der Waals surface area (Å²) in [5, 5.41) is 0. The Hall–Kier alpha value is -1.75. The number of hydrogen-bond donors (Lipinski definition) is 1. The molecule has 0 aliphatic rings. The van der Waals surface area contributed by atoms with Gasteiger partial charge in [0, 0.05) is 11.1 Å². The fourth-order valence-electron chi connectivity index (χ4n) is 1.19. The maximum atomic E-state index is 5.03. The third-order valence-corrected chi connectivity index (χ3v) is 2.19. The summed E-state index contributed by atoms with van der Waals surface area (Å²) in [7, 11) is 0. The molecular weight excluding hydrogens is 254 g/mol. The van der Waals surface area contributed by atoms with Crippen molar-refractivity contribution in [1.82, 2.24) is 0 Å². The average Bonchev–Trinajstić information content (AvgIpc) is 2.47. The highest BCUT2D eigenvalue weighted by molar-refractivity contribution is 5.85. The van der Waals surface area contributed by atoms with Crippen LogP contribution < -0.4 is 5.73 Å². The minimum Gasteiger partial charge on any atom is -0.330 e. The van der Waals surface area contributed by atoms with Gasteiger partial charge in [-0.25, -0.2) is 0 Å². The van der Waals surface area contributed by atoms with E-state index in [4.69, 9.17) is 5.73 Å². The van der Waals surface area contributed by atoms with Crippen molar-refractivity contribution in [2.24, 2.45) is 5.73 Å². The highest BCUT2D eigenvalue weighted by Crippen LogP contribution is 1.98. The van der Waals surface area contributed by atoms with E-state index in [1.165, 1.54) is 0 Å². The Bertz CT molecular complexity index is 437. The number of nitrogens with two attached hydrogens (primary N) is 1. The third-order valence-electron chi connectivity index (χ3n) is 2.19. The zero-order valence-electron chi connectivity index (χ0n) is 11.2. The van der Waals surface area contributed by atoms with Crippen LogP contribution in [0.2, 0.25) is 0 Å². The molecule has 0 spiro atoms. The third kappa shape index (κ3) is 8.05. The Morgan fingerprint density at radius 3 is 1.37 bits per heavy atom. The second-order valence-electron chi connectivity index (χ2n) is 3.77. The molecule has 0 unspecified atom stereocenters. The lowest BCUT2D eigenvalue weighted by molar-refractivity contribution is 0.932. The lowest BCUT2D eigenvalue weighted by Gasteiger charge is -1.88. The van der Waals surface area contributed by atoms with Crippen LogP contribution in [0.4, 0.5) is 0 Å². The second kappa shape index (κ2) is 11.3. The van der Waals surface area contributed by atoms with Crippen LogP contribution in [0.3, 0.4) is 0 Å². The molecular formula is C17H20ClN. The summed E-state index contributed by atoms with van der Waals surface area (Å²) < 4.78 is 0. The first kappa shape index (κ1) is 17.2. The minimum absolute atomic E-state index is 0. The molecule has 19 heavy (non-hydrogen) atoms. The Morgan fingerprint density at radius 2 is 1.11 bits per heavy atom. The van der Waals surface area contributed by atoms with E-state index in [-0.39, 0.29) is 12.4 Å². The van der Waals surface area contributed by atoms with Crippen LogP contribution in [0, 0.1) is 11.8 Å². The molecule has 2 aromatic carbocycles. The van der Waals surface area contributed by atoms with Crippen molar-refractivity contribution in [3.05, 3.63) is 71.8 Å². The zero-order valence-corrected chi connectivity index (χ0v) is 12.0. The van der Waals surface area contributed by atoms with Gasteiger partial charge in [0.25, 0.3) is 0 Å². The Kier molecular flexibility index (Phi) is 10.3. The van der Waals surface area contributed by atoms with Gasteiger partial charge in [0.05, 0.1) is 0 Å². The first-order valence-corrected chi connectivity index (χ1v) is 6.19. The van der Waals surface area contributed by atoms with Crippen molar-refractivity contribution in [3.63, 3.8) is 0 Å². The van der Waals surface area contributed by atoms with Crippen LogP contribution in [-0.2, 0) is 0 Å². The van der Waals surface area contributed by atoms with Gasteiger partial charge in [-0.05, 0) is 37.2 Å². The number of rotatable bonds is 1. The van der Waals surface area contributed by atoms with Gasteiger partial charge in [0.15, 0.2) is 0 Å². The van der Waals surface area contributed by atoms with E-state index < -0.39 is 0 Å². The van der Waals surface area contributed by atoms with Crippen molar-refractivity contribution < 1.29 is 0 Å². The van der Waals surface area contributed by atoms with Crippen molar-refractivity contribution in [2.75, 3.05) is 6.54 Å². The molecule has 0 heterocycles. The van der Waals surface area contributed by atoms with Gasteiger partial charge >= 0.3 is 0 Å². The Morgan fingerprint density at radius 1 is 0.789 bits per heavy atom. The SMILES string of the molecule is C(#Cc1ccccc1)c1ccccc1.CCCN.Cl. The van der Waals surface area contributed by atoms with Crippen LogP contribution in [0.15, 0.2) is 60.7 Å². The highest BCUT2D eigenvalue weighted by atomic mass is 35.5. The normalized spacial score (nSPS) is 8.11. The number of benzene rings is 2. The lowest BCUT2D eigenvalue weighted by Crippen LogP contribution is -1.93. The van der Waals surface area contributed by atoms with Crippen molar-refractivity contribution in [2.45, 2.75) is 13.3 Å². The second-order valence-corrected chi connectivity index (χ2v) is 3.77. The Balaban J connectivity index is 0.000000576. The molecule has 2 aromatic rings. The van der Waals surface area contributed by atoms with Gasteiger partial charge in [-0.1, -0.05) is 55.2 Å². The molecule has 2 rings (SSSR count). The van der Waals surface area contributed by atoms with Gasteiger partial charge in [0.2, 0.25) is 0 Å². The van der Waals surface area contributed by atoms with Crippen LogP contribution in [-0.4, -0.2) is 6.54 Å². The predicted molar refractivity (Wildman–Crippen MR) is 85.5 cm³/mol. The van der Waals surface area contributed by atoms with Gasteiger partial charge in [-0.2, -0.15) is 0 Å². The van der Waals surface area contributed by atoms with Crippen molar-refractivity contribution in [3.8, 4) is 11.8 Å². The molecule has 2 heteroatoms. The highest BCUT2D eigenvalue weighted by Gasteiger charge is 1.83. The van der Waals surface area contributed by atoms with E-state index in [9.17, 15) is 0 Å². The molecule has 100 valence electrons. The molecule has 0 amide bonds. The first-order chi connectivity index (χ1) is 8.86. The fraction of sp³-hybridized carbons (Fsp3) is 0.176. The van der Waals surface area contributed by atoms with Gasteiger partial charge in [-0.3, -0.25) is 0 Å². The molecule has 0 saturated heterocycles. The van der Waals surface area contributed by atoms with Crippen LogP contribution in [0.25, 0.3) is 0 Å². The molecule has 1 nitrogen and oxygen atoms in total. The topological polar surface area (TPSA) is 26.0 Å². The van der Waals surface area contributed by atoms with Crippen molar-refractivity contribution in [1.29, 1.82) is 0 Å². The Labute approximate surface area is 122 Å². The monoisotopic (exact) mass is 273 g/mol. The van der Waals surface area contributed by atoms with E-state index in [1.807, 2.05) is 60.7 Å². The lowest BCUT2D eigenvalue weighted by atomic mass is 10.2. The van der Waals surface area contributed by atoms with E-state index in [0.717, 1.165) is 24.1 Å². The molecule has 0 fully saturated rings. The smallest absolute Gasteiger partial charge is 0.0249 e. The molecule has 0 bridgehead atoms. The van der Waals surface area contributed by atoms with Crippen LogP contribution in [0.5, 0.6) is 0 Å². The summed E-state index contributed by atoms with van der Waals surface area (Å²) in [6.07, 6.45) is 1.10. The van der Waals surface area contributed by atoms with E-state index in [1.54, 1.807) is 0 Å². The van der Waals surface area contributed by atoms with Crippen molar-refractivity contribution >= 4 is 12.4 Å². The molecule has 0 aromatic heterocycles. The summed E-state index contributed by atoms with van der Waals surface area (Å²) in [4.78, 5) is 0. The molecule has 0 atom stereocenters. The summed E-state index contributed by atoms with van der Waals surface area (Å²) in [5.41, 5.74) is 7.13. The average molecular weight is 274 g/mol. The summed E-state index contributed by atoms with van der Waals surface area (Å²) in [6.45, 7) is 2.88. The zero-order chi connectivity index (χ0) is 13.1. The van der Waals surface area contributed by atoms with E-state index >= 15 is 0 Å². The molecule has 0 radical (unpaired) electrons. The molecule has 0 saturated carbocycles. The quantitative estimate of drug-likeness (QED) is 0.785. The maximum Gasteiger partial charge on any atom is 0.0249 e. The molecule has 2 N–H and O–H groups in total. The van der Waals surface area contributed by atoms with E-state index in [0.29, 0.717) is 0 Å². The summed E-state index contributed by atoms with van der Waals surface area (Å²) in [5.74, 6) is 6.22. The summed E-state index contributed by atoms with van der Waals surface area (Å²) >= 11 is 0. The van der Waals surface area contributed by atoms with Crippen LogP contribution >= 0.6 is 12.4 Å². The maximum absolute atomic E-state index is 5.03. The molecule has 0 aliphatic carbocycles. The predicted octanol–water partition coefficient (Wildman–Crippen LogP) is 3.86. The van der Waals surface area contributed by atoms with E-state index in [2.05, 4.69) is 18.8 Å². The van der Waals surface area contributed by atoms with Crippen LogP contribution in [0.1, 0.15) is 24.5 Å². The number of hydrogen-bond acceptors (Lipinski definition) is 1. The summed E-state index contributed by atoms with van der Waals surface area (Å²) in [6, 6.07) is 20.0. The van der Waals surface area contributed by atoms with Gasteiger partial charge in [0.1, 0.15) is 0 Å². The minimum atomic E-state index is 0. The first-order valence-electron chi connectivity index (χ1n) is 6.19. The largest absolute Gasteiger partial charge is 0.330 e. The van der Waals surface area contributed by atoms with Gasteiger partial charge in [-0.15, -0.1) is 12.4 Å². The standard InChI is InChI=1S/C14H10.C3H9N.ClH/c1-3-7-13(8-4-1)11-12-14-9-5-2-6-10-14;1-2-3-4;/h1-10H;2-4H2,1H3;1H.